The first kappa shape index (κ1) is 48.4. The van der Waals surface area contributed by atoms with Gasteiger partial charge >= 0.3 is 6.09 Å². The monoisotopic (exact) mass is 908 g/mol. The van der Waals surface area contributed by atoms with Gasteiger partial charge in [-0.1, -0.05) is 48.5 Å². The lowest BCUT2D eigenvalue weighted by Gasteiger charge is -2.29. The predicted molar refractivity (Wildman–Crippen MR) is 233 cm³/mol. The van der Waals surface area contributed by atoms with E-state index in [9.17, 15) is 32.6 Å². The number of ether oxygens (including phenoxy) is 5. The van der Waals surface area contributed by atoms with E-state index in [1.165, 1.54) is 24.3 Å². The third-order valence-electron chi connectivity index (χ3n) is 12.1. The molecule has 4 aliphatic rings. The molecule has 65 heavy (non-hydrogen) atoms. The van der Waals surface area contributed by atoms with Gasteiger partial charge in [0.25, 0.3) is 0 Å². The van der Waals surface area contributed by atoms with E-state index >= 15 is 0 Å². The molecule has 8 rings (SSSR count). The van der Waals surface area contributed by atoms with Gasteiger partial charge in [-0.15, -0.1) is 0 Å². The third kappa shape index (κ3) is 13.6. The van der Waals surface area contributed by atoms with Gasteiger partial charge in [-0.2, -0.15) is 0 Å². The summed E-state index contributed by atoms with van der Waals surface area (Å²) in [7, 11) is 0. The highest BCUT2D eigenvalue weighted by molar-refractivity contribution is 5.68. The summed E-state index contributed by atoms with van der Waals surface area (Å²) in [5, 5.41) is 31.1. The SMILES string of the molecule is CC(C)(C)OC(=O)NC(Cc1cc(F)cc(F)c1)C(O)CNC1(c2cccc(C3COCO3)c2)CC1.NC(Cc1cc(F)cc(F)c1)C(O)CNC1(c2cccc(C3COCO3)c2)CC1. The first-order valence-electron chi connectivity index (χ1n) is 22.1. The molecule has 16 heteroatoms. The summed E-state index contributed by atoms with van der Waals surface area (Å²) >= 11 is 0. The minimum atomic E-state index is -1.05. The van der Waals surface area contributed by atoms with Crippen molar-refractivity contribution in [2.24, 2.45) is 5.73 Å². The molecule has 7 N–H and O–H groups in total. The maximum Gasteiger partial charge on any atom is 0.407 e. The van der Waals surface area contributed by atoms with Crippen LogP contribution in [0.25, 0.3) is 0 Å². The molecule has 0 bridgehead atoms. The Balaban J connectivity index is 0.000000198. The standard InChI is InChI=1S/C27H34F2N2O5.C22H26F2N2O3/c1-26(2,3)36-25(33)31-22(11-17-9-20(28)13-21(29)10-17)23(32)14-30-27(7-8-27)19-6-4-5-18(12-19)24-15-34-16-35-24;23-17-6-14(7-18(24)10-17)8-19(25)20(27)11-26-22(4-5-22)16-3-1-2-15(9-16)21-12-28-13-29-21/h4-6,9-10,12-13,22-24,30,32H,7-8,11,14-16H2,1-3H3,(H,31,33);1-3,6-7,9-10,19-21,26-27H,4-5,8,11-13,25H2. The summed E-state index contributed by atoms with van der Waals surface area (Å²) in [6.45, 7) is 7.32. The van der Waals surface area contributed by atoms with Crippen molar-refractivity contribution in [2.75, 3.05) is 39.9 Å². The second-order valence-corrected chi connectivity index (χ2v) is 18.5. The quantitative estimate of drug-likeness (QED) is 0.0633. The second kappa shape index (κ2) is 21.0. The molecular formula is C49H60F4N4O8. The molecular weight excluding hydrogens is 849 g/mol. The highest BCUT2D eigenvalue weighted by atomic mass is 19.1. The topological polar surface area (TPSA) is 166 Å². The first-order chi connectivity index (χ1) is 31.0. The Bertz CT molecular complexity index is 2190. The number of hydrogen-bond donors (Lipinski definition) is 6. The molecule has 2 saturated carbocycles. The molecule has 352 valence electrons. The summed E-state index contributed by atoms with van der Waals surface area (Å²) in [5.74, 6) is -2.73. The Morgan fingerprint density at radius 2 is 1.15 bits per heavy atom. The average Bonchev–Trinajstić information content (AvgIpc) is 4.07. The maximum absolute atomic E-state index is 13.8. The van der Waals surface area contributed by atoms with Crippen LogP contribution in [0.5, 0.6) is 0 Å². The molecule has 0 spiro atoms. The van der Waals surface area contributed by atoms with Gasteiger partial charge in [-0.25, -0.2) is 22.4 Å². The van der Waals surface area contributed by atoms with E-state index in [2.05, 4.69) is 34.1 Å². The van der Waals surface area contributed by atoms with Crippen LogP contribution in [0.15, 0.2) is 84.9 Å². The molecule has 2 heterocycles. The number of hydrogen-bond acceptors (Lipinski definition) is 11. The summed E-state index contributed by atoms with van der Waals surface area (Å²) in [6.07, 6.45) is 1.20. The number of alkyl carbamates (subject to hydrolysis) is 1. The fourth-order valence-corrected chi connectivity index (χ4v) is 8.27. The molecule has 4 aromatic carbocycles. The van der Waals surface area contributed by atoms with Gasteiger partial charge in [-0.3, -0.25) is 0 Å². The Kier molecular flexibility index (Phi) is 15.6. The highest BCUT2D eigenvalue weighted by Crippen LogP contribution is 2.47. The molecule has 2 aliphatic carbocycles. The summed E-state index contributed by atoms with van der Waals surface area (Å²) in [5.41, 5.74) is 9.98. The number of aliphatic hydroxyl groups excluding tert-OH is 2. The molecule has 2 saturated heterocycles. The van der Waals surface area contributed by atoms with Crippen LogP contribution in [0.2, 0.25) is 0 Å². The number of aliphatic hydroxyl groups is 2. The minimum absolute atomic E-state index is 0.0261. The lowest BCUT2D eigenvalue weighted by atomic mass is 9.98. The van der Waals surface area contributed by atoms with Crippen LogP contribution in [0.3, 0.4) is 0 Å². The lowest BCUT2D eigenvalue weighted by molar-refractivity contribution is 0.0418. The van der Waals surface area contributed by atoms with Crippen LogP contribution < -0.4 is 21.7 Å². The van der Waals surface area contributed by atoms with Crippen molar-refractivity contribution in [1.29, 1.82) is 0 Å². The normalized spacial score (nSPS) is 21.4. The van der Waals surface area contributed by atoms with E-state index in [-0.39, 0.29) is 49.5 Å². The van der Waals surface area contributed by atoms with Crippen LogP contribution in [0, 0.1) is 23.3 Å². The number of rotatable bonds is 17. The number of carbonyl (C=O) groups is 1. The smallest absolute Gasteiger partial charge is 0.407 e. The van der Waals surface area contributed by atoms with Gasteiger partial charge in [0.15, 0.2) is 0 Å². The van der Waals surface area contributed by atoms with Crippen molar-refractivity contribution in [1.82, 2.24) is 16.0 Å². The van der Waals surface area contributed by atoms with Crippen molar-refractivity contribution in [3.63, 3.8) is 0 Å². The largest absolute Gasteiger partial charge is 0.444 e. The van der Waals surface area contributed by atoms with Crippen LogP contribution in [-0.4, -0.2) is 86.1 Å². The Hall–Kier alpha value is -4.49. The molecule has 1 amide bonds. The van der Waals surface area contributed by atoms with E-state index in [0.29, 0.717) is 37.7 Å². The number of nitrogens with two attached hydrogens (primary N) is 1. The average molecular weight is 909 g/mol. The zero-order valence-electron chi connectivity index (χ0n) is 37.0. The van der Waals surface area contributed by atoms with E-state index in [4.69, 9.17) is 29.4 Å². The fraction of sp³-hybridized carbons (Fsp3) is 0.490. The highest BCUT2D eigenvalue weighted by Gasteiger charge is 2.46. The molecule has 4 aromatic rings. The van der Waals surface area contributed by atoms with Gasteiger partial charge in [0.05, 0.1) is 31.5 Å². The Morgan fingerprint density at radius 1 is 0.708 bits per heavy atom. The molecule has 6 unspecified atom stereocenters. The zero-order valence-corrected chi connectivity index (χ0v) is 37.0. The van der Waals surface area contributed by atoms with Crippen molar-refractivity contribution in [3.05, 3.63) is 142 Å². The van der Waals surface area contributed by atoms with Crippen molar-refractivity contribution in [3.8, 4) is 0 Å². The van der Waals surface area contributed by atoms with Crippen LogP contribution in [0.1, 0.15) is 92.0 Å². The Labute approximate surface area is 377 Å². The molecule has 2 aliphatic heterocycles. The summed E-state index contributed by atoms with van der Waals surface area (Å²) < 4.78 is 81.4. The number of amides is 1. The molecule has 0 aromatic heterocycles. The summed E-state index contributed by atoms with van der Waals surface area (Å²) in [6, 6.07) is 21.4. The third-order valence-corrected chi connectivity index (χ3v) is 12.1. The maximum atomic E-state index is 13.8. The molecule has 4 fully saturated rings. The van der Waals surface area contributed by atoms with E-state index in [0.717, 1.165) is 60.1 Å². The van der Waals surface area contributed by atoms with Gasteiger partial charge in [0, 0.05) is 42.3 Å². The predicted octanol–water partition coefficient (Wildman–Crippen LogP) is 6.61. The molecule has 6 atom stereocenters. The lowest BCUT2D eigenvalue weighted by Crippen LogP contribution is -2.51. The van der Waals surface area contributed by atoms with Crippen LogP contribution in [-0.2, 0) is 47.6 Å². The summed E-state index contributed by atoms with van der Waals surface area (Å²) in [4.78, 5) is 12.5. The second-order valence-electron chi connectivity index (χ2n) is 18.5. The van der Waals surface area contributed by atoms with E-state index in [1.807, 2.05) is 30.3 Å². The first-order valence-corrected chi connectivity index (χ1v) is 22.1. The van der Waals surface area contributed by atoms with Crippen LogP contribution in [0.4, 0.5) is 22.4 Å². The van der Waals surface area contributed by atoms with E-state index < -0.39 is 59.3 Å². The minimum Gasteiger partial charge on any atom is -0.444 e. The van der Waals surface area contributed by atoms with Crippen molar-refractivity contribution >= 4 is 6.09 Å². The van der Waals surface area contributed by atoms with Crippen molar-refractivity contribution < 1.29 is 56.3 Å². The molecule has 0 radical (unpaired) electrons. The number of nitrogens with one attached hydrogen (secondary N) is 3. The molecule has 12 nitrogen and oxygen atoms in total. The van der Waals surface area contributed by atoms with Gasteiger partial charge in [0.1, 0.15) is 54.7 Å². The van der Waals surface area contributed by atoms with Gasteiger partial charge in [0.2, 0.25) is 0 Å². The fourth-order valence-electron chi connectivity index (χ4n) is 8.27. The number of benzene rings is 4. The number of carbonyl (C=O) groups excluding carboxylic acids is 1. The van der Waals surface area contributed by atoms with Gasteiger partial charge < -0.3 is 55.6 Å². The van der Waals surface area contributed by atoms with Gasteiger partial charge in [-0.05, 0) is 117 Å². The van der Waals surface area contributed by atoms with E-state index in [1.54, 1.807) is 20.8 Å². The van der Waals surface area contributed by atoms with Crippen molar-refractivity contribution in [2.45, 2.75) is 112 Å². The Morgan fingerprint density at radius 3 is 1.57 bits per heavy atom. The van der Waals surface area contributed by atoms with Crippen LogP contribution >= 0.6 is 0 Å². The zero-order chi connectivity index (χ0) is 46.4. The number of halogens is 4.